The normalized spacial score (nSPS) is 16.9. The van der Waals surface area contributed by atoms with E-state index in [1.807, 2.05) is 60.7 Å². The van der Waals surface area contributed by atoms with E-state index in [0.29, 0.717) is 23.4 Å². The SMILES string of the molecule is FC1(F)C2=CC=CCC2c2ccc(-c3nc(-c4cccc5ccccc45)cc(-c4cccc5ccccc45)n3)cc21. The van der Waals surface area contributed by atoms with E-state index in [1.165, 1.54) is 0 Å². The Labute approximate surface area is 236 Å². The molecule has 8 rings (SSSR count). The summed E-state index contributed by atoms with van der Waals surface area (Å²) in [5.41, 5.74) is 4.96. The standard InChI is InChI=1S/C37H24F2N2/c38-37(39)32-18-6-5-15-28(32)29-20-19-25(21-33(29)37)36-40-34(30-16-7-11-23-9-1-3-13-26(23)30)22-35(41-36)31-17-8-12-24-10-2-4-14-27(24)31/h1-14,16-22,28H,15H2. The maximum absolute atomic E-state index is 15.7. The number of hydrogen-bond donors (Lipinski definition) is 0. The molecular formula is C37H24F2N2. The molecule has 2 aliphatic rings. The maximum Gasteiger partial charge on any atom is 0.295 e. The molecule has 41 heavy (non-hydrogen) atoms. The summed E-state index contributed by atoms with van der Waals surface area (Å²) in [6.07, 6.45) is 5.86. The zero-order valence-corrected chi connectivity index (χ0v) is 22.1. The van der Waals surface area contributed by atoms with Crippen LogP contribution >= 0.6 is 0 Å². The number of hydrogen-bond acceptors (Lipinski definition) is 2. The first-order chi connectivity index (χ1) is 20.1. The fourth-order valence-corrected chi connectivity index (χ4v) is 6.42. The van der Waals surface area contributed by atoms with Gasteiger partial charge in [-0.25, -0.2) is 9.97 Å². The van der Waals surface area contributed by atoms with Gasteiger partial charge in [-0.1, -0.05) is 115 Å². The first kappa shape index (κ1) is 23.9. The summed E-state index contributed by atoms with van der Waals surface area (Å²) in [7, 11) is 0. The smallest absolute Gasteiger partial charge is 0.228 e. The van der Waals surface area contributed by atoms with E-state index >= 15 is 8.78 Å². The largest absolute Gasteiger partial charge is 0.295 e. The van der Waals surface area contributed by atoms with E-state index in [0.717, 1.165) is 44.1 Å². The molecule has 0 aliphatic heterocycles. The van der Waals surface area contributed by atoms with Crippen LogP contribution in [0, 0.1) is 0 Å². The minimum atomic E-state index is -3.02. The average Bonchev–Trinajstić information content (AvgIpc) is 3.26. The second-order valence-corrected chi connectivity index (χ2v) is 10.7. The maximum atomic E-state index is 15.7. The fraction of sp³-hybridized carbons (Fsp3) is 0.0811. The molecule has 0 spiro atoms. The van der Waals surface area contributed by atoms with E-state index in [4.69, 9.17) is 9.97 Å². The molecular weight excluding hydrogens is 510 g/mol. The van der Waals surface area contributed by atoms with Gasteiger partial charge in [0.2, 0.25) is 0 Å². The predicted octanol–water partition coefficient (Wildman–Crippen LogP) is 9.86. The van der Waals surface area contributed by atoms with Gasteiger partial charge in [-0.3, -0.25) is 0 Å². The number of fused-ring (bicyclic) bond motifs is 5. The predicted molar refractivity (Wildman–Crippen MR) is 162 cm³/mol. The Morgan fingerprint density at radius 2 is 1.27 bits per heavy atom. The zero-order chi connectivity index (χ0) is 27.6. The molecule has 5 aromatic carbocycles. The van der Waals surface area contributed by atoms with Gasteiger partial charge in [0.25, 0.3) is 5.92 Å². The number of benzene rings is 5. The van der Waals surface area contributed by atoms with Crippen molar-refractivity contribution >= 4 is 21.5 Å². The molecule has 2 nitrogen and oxygen atoms in total. The molecule has 0 amide bonds. The highest BCUT2D eigenvalue weighted by Gasteiger charge is 2.49. The molecule has 0 saturated heterocycles. The summed E-state index contributed by atoms with van der Waals surface area (Å²) in [5.74, 6) is -2.88. The summed E-state index contributed by atoms with van der Waals surface area (Å²) in [6, 6.07) is 36.1. The van der Waals surface area contributed by atoms with Crippen molar-refractivity contribution in [3.63, 3.8) is 0 Å². The number of alkyl halides is 2. The van der Waals surface area contributed by atoms with Crippen LogP contribution < -0.4 is 0 Å². The van der Waals surface area contributed by atoms with Crippen molar-refractivity contribution in [3.05, 3.63) is 144 Å². The molecule has 1 unspecified atom stereocenters. The quantitative estimate of drug-likeness (QED) is 0.226. The lowest BCUT2D eigenvalue weighted by molar-refractivity contribution is 0.0413. The summed E-state index contributed by atoms with van der Waals surface area (Å²) in [6.45, 7) is 0. The van der Waals surface area contributed by atoms with Crippen molar-refractivity contribution in [1.29, 1.82) is 0 Å². The number of aromatic nitrogens is 2. The third-order valence-electron chi connectivity index (χ3n) is 8.40. The van der Waals surface area contributed by atoms with Gasteiger partial charge in [-0.05, 0) is 45.7 Å². The van der Waals surface area contributed by atoms with Crippen molar-refractivity contribution in [1.82, 2.24) is 9.97 Å². The molecule has 0 N–H and O–H groups in total. The van der Waals surface area contributed by atoms with E-state index in [-0.39, 0.29) is 17.1 Å². The molecule has 1 atom stereocenters. The van der Waals surface area contributed by atoms with Crippen LogP contribution in [-0.2, 0) is 5.92 Å². The second-order valence-electron chi connectivity index (χ2n) is 10.7. The van der Waals surface area contributed by atoms with Gasteiger partial charge in [0.1, 0.15) is 0 Å². The van der Waals surface area contributed by atoms with Gasteiger partial charge in [0.15, 0.2) is 5.82 Å². The number of halogens is 2. The van der Waals surface area contributed by atoms with Crippen LogP contribution in [0.2, 0.25) is 0 Å². The van der Waals surface area contributed by atoms with E-state index in [1.54, 1.807) is 18.2 Å². The van der Waals surface area contributed by atoms with Gasteiger partial charge in [0.05, 0.1) is 11.4 Å². The van der Waals surface area contributed by atoms with Gasteiger partial charge in [-0.2, -0.15) is 8.78 Å². The fourth-order valence-electron chi connectivity index (χ4n) is 6.42. The Hall–Kier alpha value is -4.96. The molecule has 4 heteroatoms. The Morgan fingerprint density at radius 3 is 1.93 bits per heavy atom. The van der Waals surface area contributed by atoms with Crippen LogP contribution in [0.5, 0.6) is 0 Å². The Morgan fingerprint density at radius 1 is 0.659 bits per heavy atom. The van der Waals surface area contributed by atoms with Crippen LogP contribution in [0.25, 0.3) is 55.4 Å². The summed E-state index contributed by atoms with van der Waals surface area (Å²) < 4.78 is 31.3. The average molecular weight is 535 g/mol. The van der Waals surface area contributed by atoms with Crippen LogP contribution in [0.1, 0.15) is 23.5 Å². The summed E-state index contributed by atoms with van der Waals surface area (Å²) in [5, 5.41) is 4.37. The van der Waals surface area contributed by atoms with Crippen LogP contribution in [0.3, 0.4) is 0 Å². The lowest BCUT2D eigenvalue weighted by atomic mass is 9.90. The Balaban J connectivity index is 1.37. The lowest BCUT2D eigenvalue weighted by Crippen LogP contribution is -2.13. The second kappa shape index (κ2) is 9.03. The Bertz CT molecular complexity index is 1960. The molecule has 0 saturated carbocycles. The molecule has 0 bridgehead atoms. The Kier molecular flexibility index (Phi) is 5.26. The highest BCUT2D eigenvalue weighted by Crippen LogP contribution is 2.55. The first-order valence-electron chi connectivity index (χ1n) is 13.8. The van der Waals surface area contributed by atoms with Crippen molar-refractivity contribution in [2.45, 2.75) is 18.3 Å². The van der Waals surface area contributed by atoms with Crippen LogP contribution in [-0.4, -0.2) is 9.97 Å². The highest BCUT2D eigenvalue weighted by molar-refractivity contribution is 5.99. The third-order valence-corrected chi connectivity index (χ3v) is 8.40. The van der Waals surface area contributed by atoms with E-state index < -0.39 is 5.92 Å². The number of rotatable bonds is 3. The van der Waals surface area contributed by atoms with Crippen molar-refractivity contribution in [2.24, 2.45) is 0 Å². The number of allylic oxidation sites excluding steroid dienone is 4. The highest BCUT2D eigenvalue weighted by atomic mass is 19.3. The van der Waals surface area contributed by atoms with Crippen molar-refractivity contribution in [2.75, 3.05) is 0 Å². The molecule has 6 aromatic rings. The van der Waals surface area contributed by atoms with Crippen molar-refractivity contribution in [3.8, 4) is 33.9 Å². The van der Waals surface area contributed by atoms with E-state index in [2.05, 4.69) is 48.5 Å². The lowest BCUT2D eigenvalue weighted by Gasteiger charge is -2.17. The van der Waals surface area contributed by atoms with Gasteiger partial charge < -0.3 is 0 Å². The minimum absolute atomic E-state index is 0.0563. The molecule has 196 valence electrons. The van der Waals surface area contributed by atoms with Crippen molar-refractivity contribution < 1.29 is 8.78 Å². The monoisotopic (exact) mass is 534 g/mol. The van der Waals surface area contributed by atoms with Crippen LogP contribution in [0.15, 0.2) is 133 Å². The topological polar surface area (TPSA) is 25.8 Å². The zero-order valence-electron chi connectivity index (χ0n) is 22.1. The van der Waals surface area contributed by atoms with Gasteiger partial charge in [0, 0.05) is 33.7 Å². The first-order valence-corrected chi connectivity index (χ1v) is 13.8. The molecule has 2 aliphatic carbocycles. The van der Waals surface area contributed by atoms with Crippen LogP contribution in [0.4, 0.5) is 8.78 Å². The molecule has 0 radical (unpaired) electrons. The van der Waals surface area contributed by atoms with Gasteiger partial charge >= 0.3 is 0 Å². The molecule has 0 fully saturated rings. The molecule has 1 aromatic heterocycles. The van der Waals surface area contributed by atoms with E-state index in [9.17, 15) is 0 Å². The number of nitrogens with zero attached hydrogens (tertiary/aromatic N) is 2. The summed E-state index contributed by atoms with van der Waals surface area (Å²) in [4.78, 5) is 10.0. The third kappa shape index (κ3) is 3.75. The molecule has 1 heterocycles. The summed E-state index contributed by atoms with van der Waals surface area (Å²) >= 11 is 0. The van der Waals surface area contributed by atoms with Gasteiger partial charge in [-0.15, -0.1) is 0 Å². The minimum Gasteiger partial charge on any atom is -0.228 e.